The second-order valence-electron chi connectivity index (χ2n) is 7.98. The van der Waals surface area contributed by atoms with Gasteiger partial charge in [0, 0.05) is 0 Å². The predicted octanol–water partition coefficient (Wildman–Crippen LogP) is 4.89. The fourth-order valence-electron chi connectivity index (χ4n) is 4.91. The van der Waals surface area contributed by atoms with Crippen LogP contribution < -0.4 is 9.47 Å². The van der Waals surface area contributed by atoms with Crippen LogP contribution in [0.25, 0.3) is 11.1 Å². The maximum absolute atomic E-state index is 10.5. The largest absolute Gasteiger partial charge is 0.508 e. The zero-order valence-corrected chi connectivity index (χ0v) is 18.0. The van der Waals surface area contributed by atoms with E-state index in [2.05, 4.69) is 0 Å². The molecule has 5 rings (SSSR count). The van der Waals surface area contributed by atoms with Gasteiger partial charge in [0.15, 0.2) is 23.0 Å². The smallest absolute Gasteiger partial charge is 0.160 e. The highest BCUT2D eigenvalue weighted by Crippen LogP contribution is 2.58. The molecule has 4 aromatic carbocycles. The Labute approximate surface area is 190 Å². The van der Waals surface area contributed by atoms with Crippen LogP contribution in [0.5, 0.6) is 34.5 Å². The van der Waals surface area contributed by atoms with Crippen molar-refractivity contribution in [2.75, 3.05) is 14.2 Å². The molecular formula is C27H22O6. The van der Waals surface area contributed by atoms with E-state index >= 15 is 0 Å². The SMILES string of the molecule is COc1cc(C2(c3ccc(O)c(OC)c3)c3cc(O)ccc3-c3ccc(O)cc32)ccc1O. The van der Waals surface area contributed by atoms with Crippen LogP contribution in [0.3, 0.4) is 0 Å². The molecule has 0 heterocycles. The van der Waals surface area contributed by atoms with E-state index in [1.165, 1.54) is 14.2 Å². The van der Waals surface area contributed by atoms with Gasteiger partial charge in [0.1, 0.15) is 11.5 Å². The Morgan fingerprint density at radius 3 is 1.36 bits per heavy atom. The summed E-state index contributed by atoms with van der Waals surface area (Å²) in [6.45, 7) is 0. The minimum atomic E-state index is -1.01. The van der Waals surface area contributed by atoms with Gasteiger partial charge in [0.2, 0.25) is 0 Å². The van der Waals surface area contributed by atoms with Crippen LogP contribution >= 0.6 is 0 Å². The standard InChI is InChI=1S/C27H22O6/c1-32-25-11-15(3-9-23(25)30)27(16-4-10-24(31)26(12-16)33-2)21-13-17(28)5-7-19(21)20-8-6-18(29)14-22(20)27/h3-14,28-31H,1-2H3. The second-order valence-corrected chi connectivity index (χ2v) is 7.98. The zero-order chi connectivity index (χ0) is 23.3. The van der Waals surface area contributed by atoms with Crippen molar-refractivity contribution in [3.63, 3.8) is 0 Å². The first-order valence-electron chi connectivity index (χ1n) is 10.3. The van der Waals surface area contributed by atoms with E-state index in [0.29, 0.717) is 0 Å². The lowest BCUT2D eigenvalue weighted by atomic mass is 9.67. The summed E-state index contributed by atoms with van der Waals surface area (Å²) in [5, 5.41) is 41.5. The third-order valence-electron chi connectivity index (χ3n) is 6.33. The number of phenols is 4. The lowest BCUT2D eigenvalue weighted by molar-refractivity contribution is 0.371. The average Bonchev–Trinajstić information content (AvgIpc) is 3.09. The highest BCUT2D eigenvalue weighted by molar-refractivity contribution is 5.87. The van der Waals surface area contributed by atoms with Gasteiger partial charge in [0.25, 0.3) is 0 Å². The van der Waals surface area contributed by atoms with Crippen molar-refractivity contribution >= 4 is 0 Å². The highest BCUT2D eigenvalue weighted by atomic mass is 16.5. The molecule has 6 heteroatoms. The normalized spacial score (nSPS) is 13.3. The van der Waals surface area contributed by atoms with Gasteiger partial charge < -0.3 is 29.9 Å². The molecule has 4 aromatic rings. The van der Waals surface area contributed by atoms with Crippen LogP contribution in [0.15, 0.2) is 72.8 Å². The number of benzene rings is 4. The van der Waals surface area contributed by atoms with Gasteiger partial charge in [-0.05, 0) is 81.9 Å². The first-order chi connectivity index (χ1) is 15.9. The fourth-order valence-corrected chi connectivity index (χ4v) is 4.91. The number of phenolic OH excluding ortho intramolecular Hbond substituents is 4. The highest BCUT2D eigenvalue weighted by Gasteiger charge is 2.47. The first kappa shape index (κ1) is 20.6. The molecule has 33 heavy (non-hydrogen) atoms. The van der Waals surface area contributed by atoms with Crippen molar-refractivity contribution < 1.29 is 29.9 Å². The van der Waals surface area contributed by atoms with Crippen LogP contribution in [0.2, 0.25) is 0 Å². The summed E-state index contributed by atoms with van der Waals surface area (Å²) in [5.41, 5.74) is 3.81. The summed E-state index contributed by atoms with van der Waals surface area (Å²) >= 11 is 0. The van der Waals surface area contributed by atoms with E-state index in [4.69, 9.17) is 9.47 Å². The third-order valence-corrected chi connectivity index (χ3v) is 6.33. The van der Waals surface area contributed by atoms with Crippen molar-refractivity contribution in [1.82, 2.24) is 0 Å². The Morgan fingerprint density at radius 2 is 0.970 bits per heavy atom. The number of hydrogen-bond acceptors (Lipinski definition) is 6. The van der Waals surface area contributed by atoms with Gasteiger partial charge in [-0.2, -0.15) is 0 Å². The molecule has 0 atom stereocenters. The van der Waals surface area contributed by atoms with Crippen LogP contribution in [0, 0.1) is 0 Å². The summed E-state index contributed by atoms with van der Waals surface area (Å²) in [6, 6.07) is 20.5. The Kier molecular flexibility index (Phi) is 4.60. The van der Waals surface area contributed by atoms with Crippen LogP contribution in [-0.2, 0) is 5.41 Å². The molecule has 0 bridgehead atoms. The van der Waals surface area contributed by atoms with Gasteiger partial charge in [-0.1, -0.05) is 24.3 Å². The molecule has 0 spiro atoms. The molecule has 0 amide bonds. The average molecular weight is 442 g/mol. The van der Waals surface area contributed by atoms with Gasteiger partial charge in [-0.15, -0.1) is 0 Å². The maximum atomic E-state index is 10.5. The Bertz CT molecular complexity index is 1280. The van der Waals surface area contributed by atoms with Crippen LogP contribution in [0.1, 0.15) is 22.3 Å². The lowest BCUT2D eigenvalue weighted by Crippen LogP contribution is -2.28. The van der Waals surface area contributed by atoms with Gasteiger partial charge in [-0.3, -0.25) is 0 Å². The van der Waals surface area contributed by atoms with Gasteiger partial charge in [-0.25, -0.2) is 0 Å². The number of hydrogen-bond donors (Lipinski definition) is 4. The van der Waals surface area contributed by atoms with E-state index in [9.17, 15) is 20.4 Å². The molecule has 0 fully saturated rings. The summed E-state index contributed by atoms with van der Waals surface area (Å²) in [6.07, 6.45) is 0. The van der Waals surface area contributed by atoms with E-state index < -0.39 is 5.41 Å². The number of ether oxygens (including phenoxy) is 2. The zero-order valence-electron chi connectivity index (χ0n) is 18.0. The van der Waals surface area contributed by atoms with Crippen molar-refractivity contribution in [1.29, 1.82) is 0 Å². The molecule has 0 saturated heterocycles. The Balaban J connectivity index is 1.98. The van der Waals surface area contributed by atoms with Crippen molar-refractivity contribution in [3.05, 3.63) is 95.1 Å². The van der Waals surface area contributed by atoms with Crippen LogP contribution in [-0.4, -0.2) is 34.6 Å². The maximum Gasteiger partial charge on any atom is 0.160 e. The van der Waals surface area contributed by atoms with E-state index in [1.54, 1.807) is 60.7 Å². The lowest BCUT2D eigenvalue weighted by Gasteiger charge is -2.34. The number of aromatic hydroxyl groups is 4. The molecule has 166 valence electrons. The fraction of sp³-hybridized carbons (Fsp3) is 0.111. The molecule has 0 aromatic heterocycles. The summed E-state index contributed by atoms with van der Waals surface area (Å²) in [7, 11) is 2.95. The minimum Gasteiger partial charge on any atom is -0.508 e. The molecule has 0 aliphatic heterocycles. The summed E-state index contributed by atoms with van der Waals surface area (Å²) < 4.78 is 10.8. The summed E-state index contributed by atoms with van der Waals surface area (Å²) in [4.78, 5) is 0. The van der Waals surface area contributed by atoms with Crippen molar-refractivity contribution in [2.45, 2.75) is 5.41 Å². The number of methoxy groups -OCH3 is 2. The molecule has 0 saturated carbocycles. The van der Waals surface area contributed by atoms with Crippen molar-refractivity contribution in [2.24, 2.45) is 0 Å². The van der Waals surface area contributed by atoms with Gasteiger partial charge in [0.05, 0.1) is 19.6 Å². The Hall–Kier alpha value is -4.32. The molecule has 0 unspecified atom stereocenters. The Morgan fingerprint density at radius 1 is 0.545 bits per heavy atom. The minimum absolute atomic E-state index is 0.00931. The van der Waals surface area contributed by atoms with E-state index in [1.807, 2.05) is 12.1 Å². The second kappa shape index (κ2) is 7.38. The summed E-state index contributed by atoms with van der Waals surface area (Å²) in [5.74, 6) is 0.731. The topological polar surface area (TPSA) is 99.4 Å². The molecule has 1 aliphatic carbocycles. The molecule has 6 nitrogen and oxygen atoms in total. The molecule has 1 aliphatic rings. The van der Waals surface area contributed by atoms with E-state index in [0.717, 1.165) is 33.4 Å². The number of fused-ring (bicyclic) bond motifs is 3. The number of rotatable bonds is 4. The monoisotopic (exact) mass is 442 g/mol. The molecule has 4 N–H and O–H groups in total. The van der Waals surface area contributed by atoms with Gasteiger partial charge >= 0.3 is 0 Å². The molecule has 0 radical (unpaired) electrons. The van der Waals surface area contributed by atoms with E-state index in [-0.39, 0.29) is 34.5 Å². The van der Waals surface area contributed by atoms with Crippen molar-refractivity contribution in [3.8, 4) is 45.6 Å². The third kappa shape index (κ3) is 2.88. The first-order valence-corrected chi connectivity index (χ1v) is 10.3. The molecular weight excluding hydrogens is 420 g/mol. The predicted molar refractivity (Wildman–Crippen MR) is 124 cm³/mol. The quantitative estimate of drug-likeness (QED) is 0.316. The van der Waals surface area contributed by atoms with Crippen LogP contribution in [0.4, 0.5) is 0 Å².